The van der Waals surface area contributed by atoms with Crippen molar-refractivity contribution in [1.82, 2.24) is 9.78 Å². The minimum Gasteiger partial charge on any atom is -0.279 e. The number of para-hydroxylation sites is 1. The first kappa shape index (κ1) is 16.8. The van der Waals surface area contributed by atoms with Crippen LogP contribution in [0.3, 0.4) is 0 Å². The number of hydrogen-bond acceptors (Lipinski definition) is 2. The fraction of sp³-hybridized carbons (Fsp3) is 0.111. The van der Waals surface area contributed by atoms with Gasteiger partial charge in [0.1, 0.15) is 5.82 Å². The molecule has 1 aromatic heterocycles. The maximum atomic E-state index is 13.6. The maximum Gasteiger partial charge on any atom is 0.284 e. The summed E-state index contributed by atoms with van der Waals surface area (Å²) in [5.41, 5.74) is 0.918. The van der Waals surface area contributed by atoms with Crippen molar-refractivity contribution in [3.8, 4) is 11.1 Å². The Morgan fingerprint density at radius 2 is 1.88 bits per heavy atom. The highest BCUT2D eigenvalue weighted by atomic mass is 19.3. The Bertz CT molecular complexity index is 908. The summed E-state index contributed by atoms with van der Waals surface area (Å²) >= 11 is 0. The monoisotopic (exact) mass is 345 g/mol. The molecule has 0 saturated carbocycles. The number of carbonyl (C=O) groups excluding carboxylic acids is 1. The second-order valence-electron chi connectivity index (χ2n) is 5.38. The summed E-state index contributed by atoms with van der Waals surface area (Å²) < 4.78 is 41.3. The van der Waals surface area contributed by atoms with Gasteiger partial charge in [-0.05, 0) is 23.8 Å². The predicted molar refractivity (Wildman–Crippen MR) is 88.2 cm³/mol. The Morgan fingerprint density at radius 1 is 1.12 bits per heavy atom. The molecule has 25 heavy (non-hydrogen) atoms. The quantitative estimate of drug-likeness (QED) is 0.641. The summed E-state index contributed by atoms with van der Waals surface area (Å²) in [7, 11) is 1.50. The molecule has 3 aromatic rings. The van der Waals surface area contributed by atoms with Crippen LogP contribution >= 0.6 is 0 Å². The molecular formula is C18H14F3N3O. The number of anilines is 2. The number of halogens is 3. The topological polar surface area (TPSA) is 38.1 Å². The van der Waals surface area contributed by atoms with Crippen molar-refractivity contribution in [2.45, 2.75) is 6.43 Å². The van der Waals surface area contributed by atoms with E-state index in [0.717, 1.165) is 4.90 Å². The van der Waals surface area contributed by atoms with Gasteiger partial charge in [0, 0.05) is 18.8 Å². The van der Waals surface area contributed by atoms with Crippen molar-refractivity contribution in [3.63, 3.8) is 0 Å². The van der Waals surface area contributed by atoms with E-state index in [1.807, 2.05) is 0 Å². The molecule has 0 radical (unpaired) electrons. The van der Waals surface area contributed by atoms with Gasteiger partial charge < -0.3 is 0 Å². The molecule has 0 bridgehead atoms. The van der Waals surface area contributed by atoms with Gasteiger partial charge in [0.25, 0.3) is 6.43 Å². The van der Waals surface area contributed by atoms with E-state index in [4.69, 9.17) is 0 Å². The summed E-state index contributed by atoms with van der Waals surface area (Å²) in [5.74, 6) is -0.431. The third-order valence-electron chi connectivity index (χ3n) is 3.71. The number of aryl methyl sites for hydroxylation is 1. The number of carbonyl (C=O) groups is 1. The van der Waals surface area contributed by atoms with Gasteiger partial charge in [0.05, 0.1) is 11.4 Å². The molecular weight excluding hydrogens is 331 g/mol. The molecule has 0 atom stereocenters. The third-order valence-corrected chi connectivity index (χ3v) is 3.71. The number of hydrogen-bond donors (Lipinski definition) is 0. The summed E-state index contributed by atoms with van der Waals surface area (Å²) in [4.78, 5) is 12.8. The van der Waals surface area contributed by atoms with E-state index in [-0.39, 0.29) is 5.69 Å². The molecule has 4 nitrogen and oxygen atoms in total. The van der Waals surface area contributed by atoms with Crippen LogP contribution in [0.25, 0.3) is 11.1 Å². The highest BCUT2D eigenvalue weighted by molar-refractivity contribution is 5.94. The average Bonchev–Trinajstić information content (AvgIpc) is 2.98. The molecule has 0 aliphatic carbocycles. The number of rotatable bonds is 5. The van der Waals surface area contributed by atoms with Gasteiger partial charge >= 0.3 is 0 Å². The van der Waals surface area contributed by atoms with Crippen LogP contribution < -0.4 is 4.90 Å². The molecule has 0 fully saturated rings. The van der Waals surface area contributed by atoms with E-state index >= 15 is 0 Å². The standard InChI is InChI=1S/C18H14F3N3O/c1-23-10-16(17(22-23)18(20)21)24(11-25)15-8-3-2-7-14(15)12-5-4-6-13(19)9-12/h2-11,18H,1H3. The minimum absolute atomic E-state index is 0.0173. The van der Waals surface area contributed by atoms with E-state index in [1.54, 1.807) is 36.4 Å². The van der Waals surface area contributed by atoms with Crippen molar-refractivity contribution in [2.24, 2.45) is 7.05 Å². The van der Waals surface area contributed by atoms with Crippen LogP contribution in [-0.4, -0.2) is 16.2 Å². The fourth-order valence-electron chi connectivity index (χ4n) is 2.66. The van der Waals surface area contributed by atoms with Crippen LogP contribution in [0.5, 0.6) is 0 Å². The SMILES string of the molecule is Cn1cc(N(C=O)c2ccccc2-c2cccc(F)c2)c(C(F)F)n1. The molecule has 0 aliphatic rings. The van der Waals surface area contributed by atoms with Gasteiger partial charge in [-0.25, -0.2) is 13.2 Å². The van der Waals surface area contributed by atoms with Gasteiger partial charge in [0.15, 0.2) is 5.69 Å². The van der Waals surface area contributed by atoms with E-state index in [9.17, 15) is 18.0 Å². The van der Waals surface area contributed by atoms with Crippen molar-refractivity contribution in [3.05, 3.63) is 66.2 Å². The van der Waals surface area contributed by atoms with Crippen LogP contribution in [0, 0.1) is 5.82 Å². The van der Waals surface area contributed by atoms with E-state index in [0.29, 0.717) is 23.2 Å². The second-order valence-corrected chi connectivity index (χ2v) is 5.38. The molecule has 128 valence electrons. The van der Waals surface area contributed by atoms with Crippen LogP contribution in [0.1, 0.15) is 12.1 Å². The molecule has 0 spiro atoms. The second kappa shape index (κ2) is 6.80. The Morgan fingerprint density at radius 3 is 2.56 bits per heavy atom. The first-order valence-corrected chi connectivity index (χ1v) is 7.42. The number of aromatic nitrogens is 2. The lowest BCUT2D eigenvalue weighted by Crippen LogP contribution is -2.16. The third kappa shape index (κ3) is 3.26. The first-order chi connectivity index (χ1) is 12.0. The highest BCUT2D eigenvalue weighted by Crippen LogP contribution is 2.37. The first-order valence-electron chi connectivity index (χ1n) is 7.42. The summed E-state index contributed by atoms with van der Waals surface area (Å²) in [5, 5.41) is 3.73. The molecule has 2 aromatic carbocycles. The summed E-state index contributed by atoms with van der Waals surface area (Å²) in [6, 6.07) is 12.6. The van der Waals surface area contributed by atoms with Gasteiger partial charge in [0.2, 0.25) is 6.41 Å². The van der Waals surface area contributed by atoms with Crippen molar-refractivity contribution in [2.75, 3.05) is 4.90 Å². The Labute approximate surface area is 142 Å². The molecule has 0 unspecified atom stereocenters. The number of alkyl halides is 2. The van der Waals surface area contributed by atoms with E-state index < -0.39 is 17.9 Å². The number of benzene rings is 2. The molecule has 1 amide bonds. The highest BCUT2D eigenvalue weighted by Gasteiger charge is 2.24. The van der Waals surface area contributed by atoms with Crippen LogP contribution in [0.2, 0.25) is 0 Å². The van der Waals surface area contributed by atoms with Crippen LogP contribution in [0.15, 0.2) is 54.7 Å². The summed E-state index contributed by atoms with van der Waals surface area (Å²) in [6.07, 6.45) is -1.04. The molecule has 0 N–H and O–H groups in total. The van der Waals surface area contributed by atoms with Crippen molar-refractivity contribution >= 4 is 17.8 Å². The largest absolute Gasteiger partial charge is 0.284 e. The molecule has 7 heteroatoms. The molecule has 1 heterocycles. The van der Waals surface area contributed by atoms with E-state index in [1.165, 1.54) is 30.1 Å². The van der Waals surface area contributed by atoms with Gasteiger partial charge in [-0.3, -0.25) is 14.4 Å². The summed E-state index contributed by atoms with van der Waals surface area (Å²) in [6.45, 7) is 0. The number of amides is 1. The smallest absolute Gasteiger partial charge is 0.279 e. The maximum absolute atomic E-state index is 13.6. The van der Waals surface area contributed by atoms with Crippen LogP contribution in [0.4, 0.5) is 24.5 Å². The van der Waals surface area contributed by atoms with Crippen molar-refractivity contribution < 1.29 is 18.0 Å². The normalized spacial score (nSPS) is 10.9. The predicted octanol–water partition coefficient (Wildman–Crippen LogP) is 4.46. The van der Waals surface area contributed by atoms with Gasteiger partial charge in [-0.2, -0.15) is 5.10 Å². The zero-order valence-electron chi connectivity index (χ0n) is 13.2. The van der Waals surface area contributed by atoms with Gasteiger partial charge in [-0.1, -0.05) is 30.3 Å². The zero-order valence-corrected chi connectivity index (χ0v) is 13.2. The van der Waals surface area contributed by atoms with Crippen LogP contribution in [-0.2, 0) is 11.8 Å². The minimum atomic E-state index is -2.83. The Hall–Kier alpha value is -3.09. The molecule has 3 rings (SSSR count). The zero-order chi connectivity index (χ0) is 18.0. The number of nitrogens with zero attached hydrogens (tertiary/aromatic N) is 3. The Kier molecular flexibility index (Phi) is 4.56. The average molecular weight is 345 g/mol. The van der Waals surface area contributed by atoms with Crippen molar-refractivity contribution in [1.29, 1.82) is 0 Å². The fourth-order valence-corrected chi connectivity index (χ4v) is 2.66. The Balaban J connectivity index is 2.17. The molecule has 0 aliphatic heterocycles. The van der Waals surface area contributed by atoms with Gasteiger partial charge in [-0.15, -0.1) is 0 Å². The lowest BCUT2D eigenvalue weighted by molar-refractivity contribution is -0.106. The molecule has 0 saturated heterocycles. The lowest BCUT2D eigenvalue weighted by Gasteiger charge is -2.20. The van der Waals surface area contributed by atoms with E-state index in [2.05, 4.69) is 5.10 Å². The lowest BCUT2D eigenvalue weighted by atomic mass is 10.0.